The SMILES string of the molecule is O=C(O)c1c(N2C(=O)CCCCC2=O)sc2c1CCC2. The van der Waals surface area contributed by atoms with Crippen molar-refractivity contribution in [2.24, 2.45) is 0 Å². The van der Waals surface area contributed by atoms with Crippen molar-refractivity contribution in [3.05, 3.63) is 16.0 Å². The second-order valence-corrected chi connectivity index (χ2v) is 6.26. The van der Waals surface area contributed by atoms with Crippen molar-refractivity contribution in [3.63, 3.8) is 0 Å². The molecule has 0 atom stereocenters. The molecule has 0 radical (unpaired) electrons. The lowest BCUT2D eigenvalue weighted by Gasteiger charge is -2.18. The number of thiophene rings is 1. The van der Waals surface area contributed by atoms with Gasteiger partial charge in [-0.25, -0.2) is 9.69 Å². The third kappa shape index (κ3) is 2.04. The van der Waals surface area contributed by atoms with E-state index in [1.807, 2.05) is 0 Å². The molecule has 0 bridgehead atoms. The number of fused-ring (bicyclic) bond motifs is 1. The van der Waals surface area contributed by atoms with Gasteiger partial charge in [-0.3, -0.25) is 9.59 Å². The number of hydrogen-bond donors (Lipinski definition) is 1. The fourth-order valence-corrected chi connectivity index (χ4v) is 4.32. The molecule has 1 fully saturated rings. The number of carbonyl (C=O) groups excluding carboxylic acids is 2. The Morgan fingerprint density at radius 2 is 1.65 bits per heavy atom. The second-order valence-electron chi connectivity index (χ2n) is 5.17. The van der Waals surface area contributed by atoms with Crippen LogP contribution in [0.3, 0.4) is 0 Å². The molecule has 0 unspecified atom stereocenters. The third-order valence-corrected chi connectivity index (χ3v) is 5.13. The summed E-state index contributed by atoms with van der Waals surface area (Å²) in [5.41, 5.74) is 0.994. The minimum atomic E-state index is -1.04. The molecule has 0 aromatic carbocycles. The molecule has 1 N–H and O–H groups in total. The lowest BCUT2D eigenvalue weighted by atomic mass is 10.1. The van der Waals surface area contributed by atoms with Crippen LogP contribution in [0.2, 0.25) is 0 Å². The first kappa shape index (κ1) is 13.3. The van der Waals surface area contributed by atoms with Gasteiger partial charge in [0.05, 0.1) is 5.56 Å². The van der Waals surface area contributed by atoms with Crippen LogP contribution >= 0.6 is 11.3 Å². The van der Waals surface area contributed by atoms with Crippen LogP contribution in [-0.2, 0) is 22.4 Å². The highest BCUT2D eigenvalue weighted by atomic mass is 32.1. The van der Waals surface area contributed by atoms with E-state index >= 15 is 0 Å². The number of aryl methyl sites for hydroxylation is 1. The maximum atomic E-state index is 12.1. The molecular formula is C14H15NO4S. The summed E-state index contributed by atoms with van der Waals surface area (Å²) in [7, 11) is 0. The molecule has 106 valence electrons. The first-order valence-corrected chi connectivity index (χ1v) is 7.65. The number of carboxylic acids is 1. The Hall–Kier alpha value is -1.69. The molecule has 2 aliphatic rings. The molecular weight excluding hydrogens is 278 g/mol. The van der Waals surface area contributed by atoms with E-state index < -0.39 is 5.97 Å². The molecule has 1 aromatic heterocycles. The highest BCUT2D eigenvalue weighted by Gasteiger charge is 2.34. The van der Waals surface area contributed by atoms with Gasteiger partial charge in [0.2, 0.25) is 11.8 Å². The molecule has 0 saturated carbocycles. The number of imide groups is 1. The van der Waals surface area contributed by atoms with Gasteiger partial charge in [0.1, 0.15) is 5.00 Å². The number of rotatable bonds is 2. The van der Waals surface area contributed by atoms with E-state index in [4.69, 9.17) is 0 Å². The number of amides is 2. The summed E-state index contributed by atoms with van der Waals surface area (Å²) >= 11 is 1.30. The van der Waals surface area contributed by atoms with Gasteiger partial charge in [0.15, 0.2) is 0 Å². The molecule has 1 aliphatic carbocycles. The van der Waals surface area contributed by atoms with E-state index in [9.17, 15) is 19.5 Å². The number of anilines is 1. The van der Waals surface area contributed by atoms with Crippen molar-refractivity contribution < 1.29 is 19.5 Å². The molecule has 1 aliphatic heterocycles. The Morgan fingerprint density at radius 1 is 1.00 bits per heavy atom. The van der Waals surface area contributed by atoms with Crippen molar-refractivity contribution in [1.29, 1.82) is 0 Å². The van der Waals surface area contributed by atoms with Gasteiger partial charge >= 0.3 is 5.97 Å². The van der Waals surface area contributed by atoms with Crippen molar-refractivity contribution >= 4 is 34.1 Å². The van der Waals surface area contributed by atoms with E-state index in [-0.39, 0.29) is 17.4 Å². The van der Waals surface area contributed by atoms with Gasteiger partial charge in [-0.1, -0.05) is 0 Å². The Balaban J connectivity index is 2.11. The van der Waals surface area contributed by atoms with Crippen molar-refractivity contribution in [1.82, 2.24) is 0 Å². The Bertz CT molecular complexity index is 587. The van der Waals surface area contributed by atoms with E-state index in [1.54, 1.807) is 0 Å². The quantitative estimate of drug-likeness (QED) is 0.849. The summed E-state index contributed by atoms with van der Waals surface area (Å²) in [5, 5.41) is 9.78. The summed E-state index contributed by atoms with van der Waals surface area (Å²) < 4.78 is 0. The van der Waals surface area contributed by atoms with Gasteiger partial charge in [-0.2, -0.15) is 0 Å². The smallest absolute Gasteiger partial charge is 0.339 e. The Kier molecular flexibility index (Phi) is 3.33. The fraction of sp³-hybridized carbons (Fsp3) is 0.500. The standard InChI is InChI=1S/C14H15NO4S/c16-10-6-1-2-7-11(17)15(10)13-12(14(18)19)8-4-3-5-9(8)20-13/h1-7H2,(H,18,19). The molecule has 1 aromatic rings. The molecule has 0 spiro atoms. The van der Waals surface area contributed by atoms with Crippen molar-refractivity contribution in [2.75, 3.05) is 4.90 Å². The number of aromatic carboxylic acids is 1. The van der Waals surface area contributed by atoms with Crippen LogP contribution in [0.4, 0.5) is 5.00 Å². The maximum Gasteiger partial charge on any atom is 0.339 e. The number of carboxylic acid groups (broad SMARTS) is 1. The number of hydrogen-bond acceptors (Lipinski definition) is 4. The van der Waals surface area contributed by atoms with Crippen LogP contribution in [0.25, 0.3) is 0 Å². The molecule has 2 amide bonds. The number of carbonyl (C=O) groups is 3. The van der Waals surface area contributed by atoms with Crippen LogP contribution in [0.1, 0.15) is 52.9 Å². The first-order chi connectivity index (χ1) is 9.59. The molecule has 1 saturated heterocycles. The second kappa shape index (κ2) is 5.01. The highest BCUT2D eigenvalue weighted by molar-refractivity contribution is 7.17. The van der Waals surface area contributed by atoms with Crippen LogP contribution in [0, 0.1) is 0 Å². The molecule has 20 heavy (non-hydrogen) atoms. The topological polar surface area (TPSA) is 74.7 Å². The minimum absolute atomic E-state index is 0.172. The predicted octanol–water partition coefficient (Wildman–Crippen LogP) is 2.37. The van der Waals surface area contributed by atoms with Crippen LogP contribution < -0.4 is 4.90 Å². The van der Waals surface area contributed by atoms with Gasteiger partial charge < -0.3 is 5.11 Å². The fourth-order valence-electron chi connectivity index (χ4n) is 2.91. The van der Waals surface area contributed by atoms with Gasteiger partial charge in [0.25, 0.3) is 0 Å². The van der Waals surface area contributed by atoms with Crippen LogP contribution in [-0.4, -0.2) is 22.9 Å². The summed E-state index contributed by atoms with van der Waals surface area (Å²) in [5.74, 6) is -1.57. The average molecular weight is 293 g/mol. The van der Waals surface area contributed by atoms with Gasteiger partial charge in [-0.15, -0.1) is 11.3 Å². The zero-order chi connectivity index (χ0) is 14.3. The molecule has 3 rings (SSSR count). The Labute approximate surface area is 120 Å². The van der Waals surface area contributed by atoms with E-state index in [2.05, 4.69) is 0 Å². The van der Waals surface area contributed by atoms with Crippen LogP contribution in [0.15, 0.2) is 0 Å². The summed E-state index contributed by atoms with van der Waals surface area (Å²) in [4.78, 5) is 38.0. The van der Waals surface area contributed by atoms with Gasteiger partial charge in [0, 0.05) is 17.7 Å². The summed E-state index contributed by atoms with van der Waals surface area (Å²) in [6, 6.07) is 0. The molecule has 6 heteroatoms. The zero-order valence-electron chi connectivity index (χ0n) is 11.0. The molecule has 5 nitrogen and oxygen atoms in total. The summed E-state index contributed by atoms with van der Waals surface area (Å²) in [6.07, 6.45) is 4.52. The summed E-state index contributed by atoms with van der Waals surface area (Å²) in [6.45, 7) is 0. The van der Waals surface area contributed by atoms with E-state index in [1.165, 1.54) is 11.3 Å². The number of nitrogens with zero attached hydrogens (tertiary/aromatic N) is 1. The monoisotopic (exact) mass is 293 g/mol. The van der Waals surface area contributed by atoms with Crippen molar-refractivity contribution in [2.45, 2.75) is 44.9 Å². The highest BCUT2D eigenvalue weighted by Crippen LogP contribution is 2.42. The normalized spacial score (nSPS) is 19.1. The lowest BCUT2D eigenvalue weighted by molar-refractivity contribution is -0.125. The average Bonchev–Trinajstić information content (AvgIpc) is 2.90. The third-order valence-electron chi connectivity index (χ3n) is 3.85. The van der Waals surface area contributed by atoms with Crippen LogP contribution in [0.5, 0.6) is 0 Å². The Morgan fingerprint density at radius 3 is 2.25 bits per heavy atom. The molecule has 2 heterocycles. The zero-order valence-corrected chi connectivity index (χ0v) is 11.8. The largest absolute Gasteiger partial charge is 0.478 e. The van der Waals surface area contributed by atoms with Gasteiger partial charge in [-0.05, 0) is 37.7 Å². The minimum Gasteiger partial charge on any atom is -0.478 e. The predicted molar refractivity (Wildman–Crippen MR) is 74.3 cm³/mol. The maximum absolute atomic E-state index is 12.1. The van der Waals surface area contributed by atoms with E-state index in [0.29, 0.717) is 30.7 Å². The van der Waals surface area contributed by atoms with E-state index in [0.717, 1.165) is 34.6 Å². The first-order valence-electron chi connectivity index (χ1n) is 6.83. The van der Waals surface area contributed by atoms with Crippen molar-refractivity contribution in [3.8, 4) is 0 Å². The lowest BCUT2D eigenvalue weighted by Crippen LogP contribution is -2.35.